The van der Waals surface area contributed by atoms with Gasteiger partial charge in [-0.25, -0.2) is 0 Å². The molecule has 0 saturated heterocycles. The Morgan fingerprint density at radius 2 is 0.750 bits per heavy atom. The molecule has 8 nitrogen and oxygen atoms in total. The Morgan fingerprint density at radius 3 is 1.08 bits per heavy atom. The van der Waals surface area contributed by atoms with Gasteiger partial charge in [0.1, 0.15) is 0 Å². The molecule has 36 heavy (non-hydrogen) atoms. The number of rotatable bonds is 28. The number of halogens is 1. The van der Waals surface area contributed by atoms with Crippen molar-refractivity contribution in [2.75, 3.05) is 104 Å². The minimum absolute atomic E-state index is 0.229. The molecule has 0 N–H and O–H groups in total. The maximum absolute atomic E-state index is 6.07. The Morgan fingerprint density at radius 1 is 0.444 bits per heavy atom. The molecule has 10 heteroatoms. The van der Waals surface area contributed by atoms with E-state index >= 15 is 0 Å². The first-order chi connectivity index (χ1) is 17.3. The number of ether oxygens (including phenoxy) is 7. The lowest BCUT2D eigenvalue weighted by atomic mass is 10.2. The number of hydrogen-bond donors (Lipinski definition) is 0. The fourth-order valence-corrected chi connectivity index (χ4v) is 4.21. The van der Waals surface area contributed by atoms with Gasteiger partial charge >= 0.3 is 0 Å². The zero-order valence-electron chi connectivity index (χ0n) is 23.8. The third-order valence-corrected chi connectivity index (χ3v) is 11.2. The summed E-state index contributed by atoms with van der Waals surface area (Å²) in [5, 5.41) is 0.229. The summed E-state index contributed by atoms with van der Waals surface area (Å²) in [5.41, 5.74) is 0. The van der Waals surface area contributed by atoms with Crippen LogP contribution < -0.4 is 0 Å². The van der Waals surface area contributed by atoms with E-state index in [9.17, 15) is 0 Å². The van der Waals surface area contributed by atoms with E-state index in [2.05, 4.69) is 56.5 Å². The molecule has 0 saturated carbocycles. The molecule has 0 fully saturated rings. The highest BCUT2D eigenvalue weighted by Gasteiger charge is 2.36. The lowest BCUT2D eigenvalue weighted by Crippen LogP contribution is -2.41. The maximum Gasteiger partial charge on any atom is 0.192 e. The molecule has 0 heterocycles. The van der Waals surface area contributed by atoms with Gasteiger partial charge in [0.25, 0.3) is 0 Å². The normalized spacial score (nSPS) is 12.5. The highest BCUT2D eigenvalue weighted by molar-refractivity contribution is 14.1. The monoisotopic (exact) mass is 650 g/mol. The van der Waals surface area contributed by atoms with Crippen LogP contribution in [-0.4, -0.2) is 112 Å². The summed E-state index contributed by atoms with van der Waals surface area (Å²) in [6.07, 6.45) is 5.01. The third kappa shape index (κ3) is 24.9. The zero-order chi connectivity index (χ0) is 26.8. The van der Waals surface area contributed by atoms with Crippen molar-refractivity contribution in [1.29, 1.82) is 0 Å². The predicted molar refractivity (Wildman–Crippen MR) is 156 cm³/mol. The third-order valence-electron chi connectivity index (χ3n) is 5.90. The topological polar surface area (TPSA) is 73.8 Å². The van der Waals surface area contributed by atoms with E-state index in [1.54, 1.807) is 0 Å². The van der Waals surface area contributed by atoms with Crippen LogP contribution in [-0.2, 0) is 37.6 Å². The van der Waals surface area contributed by atoms with E-state index in [1.165, 1.54) is 23.7 Å². The second-order valence-electron chi connectivity index (χ2n) is 10.00. The van der Waals surface area contributed by atoms with Crippen molar-refractivity contribution in [2.45, 2.75) is 64.6 Å². The highest BCUT2D eigenvalue weighted by atomic mass is 127. The molecule has 0 amide bonds. The molecular formula is C26H55IO8Si. The molecule has 0 radical (unpaired) electrons. The van der Waals surface area contributed by atoms with Gasteiger partial charge < -0.3 is 37.6 Å². The first kappa shape index (κ1) is 36.6. The Kier molecular flexibility index (Phi) is 26.3. The summed E-state index contributed by atoms with van der Waals surface area (Å²) >= 11 is 2.42. The summed E-state index contributed by atoms with van der Waals surface area (Å²) in [6.45, 7) is 20.2. The van der Waals surface area contributed by atoms with Gasteiger partial charge in [0.15, 0.2) is 8.32 Å². The molecule has 0 aromatic rings. The summed E-state index contributed by atoms with van der Waals surface area (Å²) in [6, 6.07) is 0. The standard InChI is InChI=1S/C26H55IO8Si/c1-26(2,3)36(4,5)35-25-24-34-23-22-33-21-20-32-19-18-31-17-16-30-15-14-29-13-12-28-11-9-7-6-8-10-27/h6-25H2,1-5H3. The molecule has 0 aliphatic carbocycles. The van der Waals surface area contributed by atoms with Gasteiger partial charge in [-0.05, 0) is 35.4 Å². The van der Waals surface area contributed by atoms with Gasteiger partial charge in [-0.2, -0.15) is 0 Å². The van der Waals surface area contributed by atoms with Gasteiger partial charge in [0.05, 0.1) is 92.5 Å². The van der Waals surface area contributed by atoms with E-state index in [-0.39, 0.29) is 5.04 Å². The second kappa shape index (κ2) is 25.9. The van der Waals surface area contributed by atoms with E-state index in [0.717, 1.165) is 13.0 Å². The summed E-state index contributed by atoms with van der Waals surface area (Å²) in [7, 11) is -1.68. The van der Waals surface area contributed by atoms with Crippen molar-refractivity contribution in [3.8, 4) is 0 Å². The first-order valence-electron chi connectivity index (χ1n) is 13.6. The van der Waals surface area contributed by atoms with Crippen LogP contribution in [0.2, 0.25) is 18.1 Å². The fraction of sp³-hybridized carbons (Fsp3) is 1.00. The largest absolute Gasteiger partial charge is 0.414 e. The van der Waals surface area contributed by atoms with Crippen LogP contribution in [0.5, 0.6) is 0 Å². The minimum atomic E-state index is -1.68. The van der Waals surface area contributed by atoms with Crippen LogP contribution >= 0.6 is 22.6 Å². The molecule has 218 valence electrons. The SMILES string of the molecule is CC(C)(C)[Si](C)(C)OCCOCCOCCOCCOCCOCCOCCOCCCCCCI. The van der Waals surface area contributed by atoms with Crippen LogP contribution in [0, 0.1) is 0 Å². The van der Waals surface area contributed by atoms with Crippen molar-refractivity contribution in [2.24, 2.45) is 0 Å². The molecule has 0 rings (SSSR count). The van der Waals surface area contributed by atoms with Gasteiger partial charge in [-0.1, -0.05) is 56.2 Å². The van der Waals surface area contributed by atoms with Crippen LogP contribution in [0.3, 0.4) is 0 Å². The van der Waals surface area contributed by atoms with Gasteiger partial charge in [-0.3, -0.25) is 0 Å². The zero-order valence-corrected chi connectivity index (χ0v) is 26.9. The van der Waals surface area contributed by atoms with E-state index in [1.807, 2.05) is 0 Å². The molecule has 0 aliphatic heterocycles. The van der Waals surface area contributed by atoms with Gasteiger partial charge in [-0.15, -0.1) is 0 Å². The predicted octanol–water partition coefficient (Wildman–Crippen LogP) is 5.12. The molecular weight excluding hydrogens is 595 g/mol. The highest BCUT2D eigenvalue weighted by Crippen LogP contribution is 2.36. The van der Waals surface area contributed by atoms with Crippen molar-refractivity contribution in [1.82, 2.24) is 0 Å². The van der Waals surface area contributed by atoms with E-state index in [0.29, 0.717) is 92.5 Å². The average Bonchev–Trinajstić information content (AvgIpc) is 2.82. The van der Waals surface area contributed by atoms with Crippen molar-refractivity contribution < 1.29 is 37.6 Å². The van der Waals surface area contributed by atoms with Crippen LogP contribution in [0.1, 0.15) is 46.5 Å². The Hall–Kier alpha value is 0.627. The summed E-state index contributed by atoms with van der Waals surface area (Å²) < 4.78 is 45.9. The first-order valence-corrected chi connectivity index (χ1v) is 18.0. The fourth-order valence-electron chi connectivity index (χ4n) is 2.65. The molecule has 0 aromatic heterocycles. The molecule has 0 bridgehead atoms. The number of hydrogen-bond acceptors (Lipinski definition) is 8. The number of unbranched alkanes of at least 4 members (excludes halogenated alkanes) is 3. The van der Waals surface area contributed by atoms with E-state index in [4.69, 9.17) is 37.6 Å². The van der Waals surface area contributed by atoms with Crippen molar-refractivity contribution in [3.05, 3.63) is 0 Å². The van der Waals surface area contributed by atoms with Crippen LogP contribution in [0.15, 0.2) is 0 Å². The van der Waals surface area contributed by atoms with Gasteiger partial charge in [0, 0.05) is 6.61 Å². The van der Waals surface area contributed by atoms with Crippen LogP contribution in [0.4, 0.5) is 0 Å². The van der Waals surface area contributed by atoms with Gasteiger partial charge in [0.2, 0.25) is 0 Å². The lowest BCUT2D eigenvalue weighted by Gasteiger charge is -2.36. The van der Waals surface area contributed by atoms with Crippen molar-refractivity contribution >= 4 is 30.9 Å². The smallest absolute Gasteiger partial charge is 0.192 e. The molecule has 0 unspecified atom stereocenters. The summed E-state index contributed by atoms with van der Waals surface area (Å²) in [4.78, 5) is 0. The average molecular weight is 651 g/mol. The second-order valence-corrected chi connectivity index (χ2v) is 15.9. The Balaban J connectivity index is 3.13. The Labute approximate surface area is 236 Å². The molecule has 0 atom stereocenters. The van der Waals surface area contributed by atoms with Crippen LogP contribution in [0.25, 0.3) is 0 Å². The minimum Gasteiger partial charge on any atom is -0.414 e. The molecule has 0 aliphatic rings. The maximum atomic E-state index is 6.07. The Bertz CT molecular complexity index is 452. The van der Waals surface area contributed by atoms with E-state index < -0.39 is 8.32 Å². The molecule has 0 aromatic carbocycles. The van der Waals surface area contributed by atoms with Crippen molar-refractivity contribution in [3.63, 3.8) is 0 Å². The summed E-state index contributed by atoms with van der Waals surface area (Å²) in [5.74, 6) is 0. The quantitative estimate of drug-likeness (QED) is 0.0501. The number of alkyl halides is 1. The lowest BCUT2D eigenvalue weighted by molar-refractivity contribution is -0.0214. The molecule has 0 spiro atoms.